The normalized spacial score (nSPS) is 12.0. The fourth-order valence-electron chi connectivity index (χ4n) is 2.48. The molecule has 0 saturated heterocycles. The molecule has 0 heterocycles. The summed E-state index contributed by atoms with van der Waals surface area (Å²) < 4.78 is 23.2. The first kappa shape index (κ1) is 22.1. The third-order valence-electron chi connectivity index (χ3n) is 3.51. The van der Waals surface area contributed by atoms with Crippen LogP contribution in [0.4, 0.5) is 0 Å². The molecule has 0 spiro atoms. The summed E-state index contributed by atoms with van der Waals surface area (Å²) in [5.74, 6) is 0. The van der Waals surface area contributed by atoms with Gasteiger partial charge in [-0.2, -0.15) is 0 Å². The Bertz CT molecular complexity index is 210. The van der Waals surface area contributed by atoms with Crippen molar-refractivity contribution in [1.82, 2.24) is 0 Å². The van der Waals surface area contributed by atoms with Crippen molar-refractivity contribution in [2.45, 2.75) is 78.7 Å². The average Bonchev–Trinajstić information content (AvgIpc) is 2.50. The highest BCUT2D eigenvalue weighted by molar-refractivity contribution is 6.60. The molecule has 5 heteroatoms. The lowest BCUT2D eigenvalue weighted by Gasteiger charge is -2.28. The van der Waals surface area contributed by atoms with Gasteiger partial charge in [0.2, 0.25) is 0 Å². The SMILES string of the molecule is CCCCCCCCOCCC[Si](OCC)(OCC)OCC. The molecule has 0 saturated carbocycles. The van der Waals surface area contributed by atoms with Gasteiger partial charge in [0.15, 0.2) is 0 Å². The zero-order chi connectivity index (χ0) is 16.5. The van der Waals surface area contributed by atoms with E-state index in [1.165, 1.54) is 38.5 Å². The predicted octanol–water partition coefficient (Wildman–Crippen LogP) is 4.80. The third-order valence-corrected chi connectivity index (χ3v) is 6.66. The van der Waals surface area contributed by atoms with Crippen molar-refractivity contribution in [3.05, 3.63) is 0 Å². The smallest absolute Gasteiger partial charge is 0.381 e. The number of hydrogen-bond donors (Lipinski definition) is 0. The van der Waals surface area contributed by atoms with Crippen LogP contribution in [-0.4, -0.2) is 41.8 Å². The van der Waals surface area contributed by atoms with Crippen molar-refractivity contribution < 1.29 is 18.0 Å². The molecular weight excluding hydrogens is 296 g/mol. The van der Waals surface area contributed by atoms with E-state index in [1.807, 2.05) is 20.8 Å². The molecule has 0 aliphatic carbocycles. The molecule has 0 atom stereocenters. The Morgan fingerprint density at radius 2 is 1.09 bits per heavy atom. The Kier molecular flexibility index (Phi) is 16.0. The zero-order valence-corrected chi connectivity index (χ0v) is 16.3. The van der Waals surface area contributed by atoms with Gasteiger partial charge in [-0.1, -0.05) is 39.0 Å². The summed E-state index contributed by atoms with van der Waals surface area (Å²) in [5, 5.41) is 0. The summed E-state index contributed by atoms with van der Waals surface area (Å²) in [5.41, 5.74) is 0. The first-order chi connectivity index (χ1) is 10.7. The van der Waals surface area contributed by atoms with Crippen LogP contribution in [0.3, 0.4) is 0 Å². The zero-order valence-electron chi connectivity index (χ0n) is 15.3. The topological polar surface area (TPSA) is 36.9 Å². The van der Waals surface area contributed by atoms with E-state index in [-0.39, 0.29) is 0 Å². The van der Waals surface area contributed by atoms with E-state index in [1.54, 1.807) is 0 Å². The van der Waals surface area contributed by atoms with Crippen LogP contribution in [0.2, 0.25) is 6.04 Å². The maximum Gasteiger partial charge on any atom is 0.501 e. The molecule has 0 aromatic carbocycles. The Morgan fingerprint density at radius 1 is 0.591 bits per heavy atom. The number of rotatable bonds is 17. The van der Waals surface area contributed by atoms with Crippen LogP contribution in [-0.2, 0) is 18.0 Å². The summed E-state index contributed by atoms with van der Waals surface area (Å²) in [7, 11) is -2.47. The van der Waals surface area contributed by atoms with E-state index in [4.69, 9.17) is 18.0 Å². The van der Waals surface area contributed by atoms with Crippen LogP contribution in [0, 0.1) is 0 Å². The van der Waals surface area contributed by atoms with E-state index in [2.05, 4.69) is 6.92 Å². The highest BCUT2D eigenvalue weighted by Crippen LogP contribution is 2.18. The highest BCUT2D eigenvalue weighted by Gasteiger charge is 2.39. The summed E-state index contributed by atoms with van der Waals surface area (Å²) in [6.07, 6.45) is 8.78. The molecule has 0 N–H and O–H groups in total. The van der Waals surface area contributed by atoms with E-state index in [9.17, 15) is 0 Å². The first-order valence-corrected chi connectivity index (χ1v) is 11.2. The molecule has 0 fully saturated rings. The van der Waals surface area contributed by atoms with Crippen molar-refractivity contribution in [3.8, 4) is 0 Å². The summed E-state index contributed by atoms with van der Waals surface area (Å²) in [6, 6.07) is 0.846. The average molecular weight is 335 g/mol. The standard InChI is InChI=1S/C17H38O4Si/c1-5-9-10-11-12-13-15-18-16-14-17-22(19-6-2,20-7-3)21-8-4/h5-17H2,1-4H3. The van der Waals surface area contributed by atoms with Crippen molar-refractivity contribution in [1.29, 1.82) is 0 Å². The largest absolute Gasteiger partial charge is 0.501 e. The quantitative estimate of drug-likeness (QED) is 0.283. The molecule has 0 bridgehead atoms. The lowest BCUT2D eigenvalue weighted by Crippen LogP contribution is -2.46. The summed E-state index contributed by atoms with van der Waals surface area (Å²) >= 11 is 0. The van der Waals surface area contributed by atoms with Gasteiger partial charge in [0, 0.05) is 39.1 Å². The highest BCUT2D eigenvalue weighted by atomic mass is 28.4. The molecule has 0 aromatic rings. The first-order valence-electron chi connectivity index (χ1n) is 9.24. The second-order valence-corrected chi connectivity index (χ2v) is 8.20. The van der Waals surface area contributed by atoms with Gasteiger partial charge in [-0.3, -0.25) is 0 Å². The second-order valence-electron chi connectivity index (χ2n) is 5.47. The molecule has 0 aliphatic heterocycles. The number of hydrogen-bond acceptors (Lipinski definition) is 4. The Balaban J connectivity index is 3.70. The van der Waals surface area contributed by atoms with Gasteiger partial charge in [-0.05, 0) is 33.6 Å². The summed E-state index contributed by atoms with van der Waals surface area (Å²) in [6.45, 7) is 11.8. The second kappa shape index (κ2) is 15.9. The predicted molar refractivity (Wildman–Crippen MR) is 94.3 cm³/mol. The fourth-order valence-corrected chi connectivity index (χ4v) is 5.06. The van der Waals surface area contributed by atoms with Crippen LogP contribution in [0.25, 0.3) is 0 Å². The molecule has 0 rings (SSSR count). The van der Waals surface area contributed by atoms with E-state index >= 15 is 0 Å². The Labute approximate surface area is 139 Å². The van der Waals surface area contributed by atoms with Crippen molar-refractivity contribution >= 4 is 8.80 Å². The molecular formula is C17H38O4Si. The molecule has 4 nitrogen and oxygen atoms in total. The minimum absolute atomic E-state index is 0.644. The van der Waals surface area contributed by atoms with E-state index in [0.29, 0.717) is 19.8 Å². The van der Waals surface area contributed by atoms with Gasteiger partial charge in [-0.25, -0.2) is 0 Å². The van der Waals surface area contributed by atoms with Gasteiger partial charge in [-0.15, -0.1) is 0 Å². The van der Waals surface area contributed by atoms with Crippen molar-refractivity contribution in [2.75, 3.05) is 33.0 Å². The molecule has 22 heavy (non-hydrogen) atoms. The minimum Gasteiger partial charge on any atom is -0.381 e. The van der Waals surface area contributed by atoms with Crippen LogP contribution < -0.4 is 0 Å². The number of unbranched alkanes of at least 4 members (excludes halogenated alkanes) is 5. The molecule has 0 radical (unpaired) electrons. The fraction of sp³-hybridized carbons (Fsp3) is 1.00. The lowest BCUT2D eigenvalue weighted by atomic mass is 10.1. The van der Waals surface area contributed by atoms with Crippen LogP contribution in [0.15, 0.2) is 0 Å². The molecule has 0 unspecified atom stereocenters. The van der Waals surface area contributed by atoms with Crippen molar-refractivity contribution in [3.63, 3.8) is 0 Å². The Morgan fingerprint density at radius 3 is 1.64 bits per heavy atom. The van der Waals surface area contributed by atoms with Crippen molar-refractivity contribution in [2.24, 2.45) is 0 Å². The molecule has 0 aliphatic rings. The van der Waals surface area contributed by atoms with Gasteiger partial charge >= 0.3 is 8.80 Å². The van der Waals surface area contributed by atoms with Crippen LogP contribution in [0.1, 0.15) is 72.6 Å². The number of ether oxygens (including phenoxy) is 1. The Hall–Kier alpha value is 0.0569. The molecule has 0 aromatic heterocycles. The molecule has 134 valence electrons. The van der Waals surface area contributed by atoms with Crippen LogP contribution in [0.5, 0.6) is 0 Å². The van der Waals surface area contributed by atoms with Gasteiger partial charge in [0.25, 0.3) is 0 Å². The van der Waals surface area contributed by atoms with E-state index < -0.39 is 8.80 Å². The van der Waals surface area contributed by atoms with E-state index in [0.717, 1.165) is 25.7 Å². The third kappa shape index (κ3) is 11.6. The monoisotopic (exact) mass is 334 g/mol. The lowest BCUT2D eigenvalue weighted by molar-refractivity contribution is 0.0657. The van der Waals surface area contributed by atoms with Gasteiger partial charge < -0.3 is 18.0 Å². The van der Waals surface area contributed by atoms with Gasteiger partial charge in [0.1, 0.15) is 0 Å². The minimum atomic E-state index is -2.47. The van der Waals surface area contributed by atoms with Gasteiger partial charge in [0.05, 0.1) is 0 Å². The van der Waals surface area contributed by atoms with Crippen LogP contribution >= 0.6 is 0 Å². The maximum absolute atomic E-state index is 5.83. The summed E-state index contributed by atoms with van der Waals surface area (Å²) in [4.78, 5) is 0. The molecule has 0 amide bonds. The maximum atomic E-state index is 5.83.